The molecular weight excluding hydrogens is 404 g/mol. The van der Waals surface area contributed by atoms with Crippen LogP contribution >= 0.6 is 11.6 Å². The summed E-state index contributed by atoms with van der Waals surface area (Å²) >= 11 is 5.94. The van der Waals surface area contributed by atoms with E-state index in [1.807, 2.05) is 36.4 Å². The molecule has 0 aromatic heterocycles. The lowest BCUT2D eigenvalue weighted by molar-refractivity contribution is -0.142. The number of carbonyl (C=O) groups is 2. The van der Waals surface area contributed by atoms with E-state index in [-0.39, 0.29) is 23.4 Å². The third-order valence-corrected chi connectivity index (χ3v) is 4.90. The first-order chi connectivity index (χ1) is 14.4. The molecule has 6 nitrogen and oxygen atoms in total. The number of anilines is 1. The number of phenolic OH excluding ortho intramolecular Hbond substituents is 1. The first kappa shape index (κ1) is 21.2. The van der Waals surface area contributed by atoms with Gasteiger partial charge in [-0.15, -0.1) is 0 Å². The highest BCUT2D eigenvalue weighted by molar-refractivity contribution is 6.31. The first-order valence-electron chi connectivity index (χ1n) is 9.20. The molecule has 0 aliphatic rings. The maximum atomic E-state index is 12.6. The van der Waals surface area contributed by atoms with Crippen molar-refractivity contribution in [2.24, 2.45) is 0 Å². The largest absolute Gasteiger partial charge is 0.508 e. The zero-order valence-corrected chi connectivity index (χ0v) is 17.0. The second-order valence-corrected chi connectivity index (χ2v) is 7.13. The monoisotopic (exact) mass is 424 g/mol. The molecule has 4 N–H and O–H groups in total. The summed E-state index contributed by atoms with van der Waals surface area (Å²) in [6.07, 6.45) is 0.0415. The van der Waals surface area contributed by atoms with Crippen molar-refractivity contribution < 1.29 is 19.4 Å². The van der Waals surface area contributed by atoms with Gasteiger partial charge in [-0.3, -0.25) is 4.79 Å². The summed E-state index contributed by atoms with van der Waals surface area (Å²) in [7, 11) is 1.23. The Hall–Kier alpha value is -3.51. The number of nitrogens with one attached hydrogen (secondary N) is 1. The lowest BCUT2D eigenvalue weighted by Crippen LogP contribution is -2.43. The lowest BCUT2D eigenvalue weighted by Gasteiger charge is -2.18. The lowest BCUT2D eigenvalue weighted by atomic mass is 9.99. The molecule has 0 unspecified atom stereocenters. The molecular formula is C23H21ClN2O4. The quantitative estimate of drug-likeness (QED) is 0.412. The van der Waals surface area contributed by atoms with Gasteiger partial charge in [0.2, 0.25) is 0 Å². The Kier molecular flexibility index (Phi) is 6.59. The highest BCUT2D eigenvalue weighted by Crippen LogP contribution is 2.27. The van der Waals surface area contributed by atoms with Crippen molar-refractivity contribution >= 4 is 29.2 Å². The summed E-state index contributed by atoms with van der Waals surface area (Å²) in [6.45, 7) is 0. The van der Waals surface area contributed by atoms with Crippen LogP contribution in [0.2, 0.25) is 5.02 Å². The topological polar surface area (TPSA) is 102 Å². The van der Waals surface area contributed by atoms with E-state index in [0.29, 0.717) is 10.6 Å². The minimum atomic E-state index is -1.02. The Bertz CT molecular complexity index is 1070. The van der Waals surface area contributed by atoms with Gasteiger partial charge in [0.05, 0.1) is 12.7 Å². The molecule has 0 bridgehead atoms. The van der Waals surface area contributed by atoms with E-state index in [1.54, 1.807) is 18.2 Å². The Balaban J connectivity index is 1.82. The highest BCUT2D eigenvalue weighted by atomic mass is 35.5. The number of ether oxygens (including phenoxy) is 1. The molecule has 1 amide bonds. The van der Waals surface area contributed by atoms with Crippen LogP contribution in [0, 0.1) is 0 Å². The van der Waals surface area contributed by atoms with Gasteiger partial charge in [0.1, 0.15) is 11.8 Å². The number of methoxy groups -OCH3 is 1. The molecule has 0 aliphatic carbocycles. The Morgan fingerprint density at radius 1 is 1.07 bits per heavy atom. The first-order valence-corrected chi connectivity index (χ1v) is 9.58. The number of rotatable bonds is 6. The molecule has 0 aliphatic heterocycles. The third kappa shape index (κ3) is 4.90. The standard InChI is InChI=1S/C23H21ClN2O4/c1-30-23(29)20(26-22(28)18-13-17(24)9-10-19(18)25)11-16-8-7-15(12-21(16)27)14-5-3-2-4-6-14/h2-10,12-13,20,27H,11,25H2,1H3,(H,26,28)/t20-/m0/s1. The molecule has 0 heterocycles. The number of nitrogen functional groups attached to an aromatic ring is 1. The minimum absolute atomic E-state index is 0.0155. The van der Waals surface area contributed by atoms with E-state index in [0.717, 1.165) is 11.1 Å². The van der Waals surface area contributed by atoms with Crippen molar-refractivity contribution in [2.75, 3.05) is 12.8 Å². The summed E-state index contributed by atoms with van der Waals surface area (Å²) in [5.41, 5.74) is 8.51. The van der Waals surface area contributed by atoms with Crippen LogP contribution < -0.4 is 11.1 Å². The number of benzene rings is 3. The summed E-state index contributed by atoms with van der Waals surface area (Å²) in [4.78, 5) is 24.9. The van der Waals surface area contributed by atoms with E-state index in [9.17, 15) is 14.7 Å². The number of phenols is 1. The van der Waals surface area contributed by atoms with Crippen LogP contribution in [0.3, 0.4) is 0 Å². The molecule has 3 aromatic rings. The number of aromatic hydroxyl groups is 1. The maximum absolute atomic E-state index is 12.6. The van der Waals surface area contributed by atoms with Crippen molar-refractivity contribution in [3.05, 3.63) is 82.9 Å². The van der Waals surface area contributed by atoms with Crippen LogP contribution in [0.1, 0.15) is 15.9 Å². The van der Waals surface area contributed by atoms with Crippen LogP contribution in [0.5, 0.6) is 5.75 Å². The van der Waals surface area contributed by atoms with Gasteiger partial charge in [-0.1, -0.05) is 54.1 Å². The number of hydrogen-bond acceptors (Lipinski definition) is 5. The minimum Gasteiger partial charge on any atom is -0.508 e. The molecule has 0 saturated heterocycles. The molecule has 154 valence electrons. The zero-order chi connectivity index (χ0) is 21.7. The number of amides is 1. The number of carbonyl (C=O) groups excluding carboxylic acids is 2. The number of esters is 1. The fraction of sp³-hybridized carbons (Fsp3) is 0.130. The molecule has 0 fully saturated rings. The van der Waals surface area contributed by atoms with Gasteiger partial charge in [-0.05, 0) is 41.0 Å². The molecule has 7 heteroatoms. The van der Waals surface area contributed by atoms with Gasteiger partial charge in [0.15, 0.2) is 0 Å². The predicted octanol–water partition coefficient (Wildman–Crippen LogP) is 3.81. The number of hydrogen-bond donors (Lipinski definition) is 3. The van der Waals surface area contributed by atoms with Crippen molar-refractivity contribution in [3.8, 4) is 16.9 Å². The molecule has 0 saturated carbocycles. The average Bonchev–Trinajstić information content (AvgIpc) is 2.76. The van der Waals surface area contributed by atoms with Gasteiger partial charge in [-0.25, -0.2) is 4.79 Å². The summed E-state index contributed by atoms with van der Waals surface area (Å²) in [5, 5.41) is 13.4. The van der Waals surface area contributed by atoms with Crippen LogP contribution in [0.15, 0.2) is 66.7 Å². The molecule has 3 rings (SSSR count). The van der Waals surface area contributed by atoms with Gasteiger partial charge in [0.25, 0.3) is 5.91 Å². The summed E-state index contributed by atoms with van der Waals surface area (Å²) < 4.78 is 4.82. The van der Waals surface area contributed by atoms with Crippen LogP contribution in [-0.2, 0) is 16.0 Å². The van der Waals surface area contributed by atoms with Gasteiger partial charge < -0.3 is 20.9 Å². The Labute approximate surface area is 179 Å². The van der Waals surface area contributed by atoms with Crippen molar-refractivity contribution in [1.82, 2.24) is 5.32 Å². The van der Waals surface area contributed by atoms with Crippen LogP contribution in [0.25, 0.3) is 11.1 Å². The van der Waals surface area contributed by atoms with E-state index in [2.05, 4.69) is 5.32 Å². The SMILES string of the molecule is COC(=O)[C@H](Cc1ccc(-c2ccccc2)cc1O)NC(=O)c1cc(Cl)ccc1N. The van der Waals surface area contributed by atoms with Crippen molar-refractivity contribution in [2.45, 2.75) is 12.5 Å². The van der Waals surface area contributed by atoms with Crippen LogP contribution in [-0.4, -0.2) is 30.1 Å². The normalized spacial score (nSPS) is 11.5. The average molecular weight is 425 g/mol. The molecule has 30 heavy (non-hydrogen) atoms. The zero-order valence-electron chi connectivity index (χ0n) is 16.3. The van der Waals surface area contributed by atoms with Gasteiger partial charge >= 0.3 is 5.97 Å². The third-order valence-electron chi connectivity index (χ3n) is 4.67. The molecule has 1 atom stereocenters. The molecule has 0 spiro atoms. The van der Waals surface area contributed by atoms with Gasteiger partial charge in [0, 0.05) is 17.1 Å². The predicted molar refractivity (Wildman–Crippen MR) is 116 cm³/mol. The second-order valence-electron chi connectivity index (χ2n) is 6.69. The Morgan fingerprint density at radius 2 is 1.80 bits per heavy atom. The van der Waals surface area contributed by atoms with E-state index >= 15 is 0 Å². The maximum Gasteiger partial charge on any atom is 0.328 e. The smallest absolute Gasteiger partial charge is 0.328 e. The van der Waals surface area contributed by atoms with E-state index < -0.39 is 17.9 Å². The van der Waals surface area contributed by atoms with E-state index in [4.69, 9.17) is 22.1 Å². The summed E-state index contributed by atoms with van der Waals surface area (Å²) in [6, 6.07) is 18.3. The fourth-order valence-corrected chi connectivity index (χ4v) is 3.24. The fourth-order valence-electron chi connectivity index (χ4n) is 3.06. The number of halogens is 1. The molecule has 3 aromatic carbocycles. The molecule has 0 radical (unpaired) electrons. The van der Waals surface area contributed by atoms with Crippen LogP contribution in [0.4, 0.5) is 5.69 Å². The number of nitrogens with two attached hydrogens (primary N) is 1. The van der Waals surface area contributed by atoms with Crippen molar-refractivity contribution in [1.29, 1.82) is 0 Å². The Morgan fingerprint density at radius 3 is 2.47 bits per heavy atom. The second kappa shape index (κ2) is 9.33. The van der Waals surface area contributed by atoms with E-state index in [1.165, 1.54) is 19.2 Å². The highest BCUT2D eigenvalue weighted by Gasteiger charge is 2.25. The summed E-state index contributed by atoms with van der Waals surface area (Å²) in [5.74, 6) is -1.19. The van der Waals surface area contributed by atoms with Gasteiger partial charge in [-0.2, -0.15) is 0 Å². The van der Waals surface area contributed by atoms with Crippen molar-refractivity contribution in [3.63, 3.8) is 0 Å².